The molecule has 5 rings (SSSR count). The minimum atomic E-state index is -1.39. The van der Waals surface area contributed by atoms with Crippen LogP contribution in [-0.2, 0) is 23.9 Å². The van der Waals surface area contributed by atoms with Crippen LogP contribution < -0.4 is 4.90 Å². The number of allylic oxidation sites excluding steroid dienone is 1. The van der Waals surface area contributed by atoms with Crippen molar-refractivity contribution in [2.75, 3.05) is 24.7 Å². The summed E-state index contributed by atoms with van der Waals surface area (Å²) in [7, 11) is 0. The number of anilines is 1. The maximum atomic E-state index is 14.4. The number of rotatable bonds is 5. The van der Waals surface area contributed by atoms with E-state index in [0.717, 1.165) is 0 Å². The molecule has 2 fully saturated rings. The highest BCUT2D eigenvalue weighted by molar-refractivity contribution is 6.30. The Bertz CT molecular complexity index is 1130. The van der Waals surface area contributed by atoms with Crippen molar-refractivity contribution < 1.29 is 29.0 Å². The van der Waals surface area contributed by atoms with Crippen LogP contribution in [0.5, 0.6) is 0 Å². The van der Waals surface area contributed by atoms with E-state index in [1.807, 2.05) is 32.1 Å². The van der Waals surface area contributed by atoms with Gasteiger partial charge in [0.05, 0.1) is 25.2 Å². The zero-order valence-electron chi connectivity index (χ0n) is 21.1. The number of carbonyl (C=O) groups excluding carboxylic acids is 3. The van der Waals surface area contributed by atoms with Crippen LogP contribution in [0.2, 0.25) is 5.02 Å². The van der Waals surface area contributed by atoms with Gasteiger partial charge in [0.25, 0.3) is 5.91 Å². The first kappa shape index (κ1) is 25.9. The molecule has 2 amide bonds. The summed E-state index contributed by atoms with van der Waals surface area (Å²) in [6.07, 6.45) is 9.79. The van der Waals surface area contributed by atoms with Crippen LogP contribution in [0.25, 0.3) is 0 Å². The first-order valence-corrected chi connectivity index (χ1v) is 13.4. The number of aliphatic hydroxyl groups is 1. The molecule has 1 unspecified atom stereocenters. The number of hydrogen-bond donors (Lipinski definition) is 1. The molecule has 0 aromatic heterocycles. The van der Waals surface area contributed by atoms with E-state index >= 15 is 0 Å². The van der Waals surface area contributed by atoms with Gasteiger partial charge in [-0.05, 0) is 49.9 Å². The molecule has 0 bridgehead atoms. The highest BCUT2D eigenvalue weighted by Gasteiger charge is 2.75. The van der Waals surface area contributed by atoms with Crippen molar-refractivity contribution in [1.82, 2.24) is 4.90 Å². The molecule has 1 aromatic rings. The Morgan fingerprint density at radius 2 is 1.84 bits per heavy atom. The molecule has 6 atom stereocenters. The van der Waals surface area contributed by atoms with Gasteiger partial charge in [-0.1, -0.05) is 49.8 Å². The topological polar surface area (TPSA) is 96.4 Å². The number of cyclic esters (lactones) is 1. The third-order valence-electron chi connectivity index (χ3n) is 8.28. The summed E-state index contributed by atoms with van der Waals surface area (Å²) in [5.74, 6) is -3.06. The third-order valence-corrected chi connectivity index (χ3v) is 8.54. The van der Waals surface area contributed by atoms with Gasteiger partial charge in [0.2, 0.25) is 5.91 Å². The lowest BCUT2D eigenvalue weighted by Gasteiger charge is -2.40. The maximum absolute atomic E-state index is 14.4. The fraction of sp³-hybridized carbons (Fsp3) is 0.536. The summed E-state index contributed by atoms with van der Waals surface area (Å²) >= 11 is 6.09. The zero-order chi connectivity index (χ0) is 26.4. The van der Waals surface area contributed by atoms with E-state index in [4.69, 9.17) is 21.1 Å². The zero-order valence-corrected chi connectivity index (χ0v) is 21.9. The number of hydrogen-bond acceptors (Lipinski definition) is 6. The normalized spacial score (nSPS) is 35.0. The molecule has 198 valence electrons. The Labute approximate surface area is 221 Å². The molecule has 4 aliphatic heterocycles. The molecule has 8 nitrogen and oxygen atoms in total. The van der Waals surface area contributed by atoms with Crippen LogP contribution in [0, 0.1) is 11.8 Å². The Balaban J connectivity index is 1.69. The number of halogens is 1. The van der Waals surface area contributed by atoms with Crippen LogP contribution in [0.3, 0.4) is 0 Å². The number of fused-ring (bicyclic) bond motifs is 2. The SMILES string of the molecule is CC[C@@H](CO)N1C(=O)[C@@H]2[C@H]3C(=O)OCCC/C=C\[C@@]3(CC)O[C@@]23C=CCN(c2ccc(Cl)cc2)C(=O)C13. The van der Waals surface area contributed by atoms with Crippen LogP contribution >= 0.6 is 11.6 Å². The second kappa shape index (κ2) is 9.89. The average Bonchev–Trinajstić information content (AvgIpc) is 3.27. The van der Waals surface area contributed by atoms with Crippen LogP contribution in [0.1, 0.15) is 39.5 Å². The molecule has 2 saturated heterocycles. The molecular formula is C28H33ClN2O6. The Hall–Kier alpha value is -2.68. The summed E-state index contributed by atoms with van der Waals surface area (Å²) in [5.41, 5.74) is -1.84. The molecule has 1 N–H and O–H groups in total. The lowest BCUT2D eigenvalue weighted by atomic mass is 9.73. The number of amides is 2. The Kier molecular flexibility index (Phi) is 6.94. The highest BCUT2D eigenvalue weighted by atomic mass is 35.5. The van der Waals surface area contributed by atoms with Gasteiger partial charge in [0.1, 0.15) is 23.2 Å². The second-order valence-electron chi connectivity index (χ2n) is 10.2. The largest absolute Gasteiger partial charge is 0.465 e. The maximum Gasteiger partial charge on any atom is 0.313 e. The van der Waals surface area contributed by atoms with Crippen LogP contribution in [0.15, 0.2) is 48.6 Å². The van der Waals surface area contributed by atoms with Gasteiger partial charge in [-0.3, -0.25) is 14.4 Å². The van der Waals surface area contributed by atoms with Gasteiger partial charge in [0.15, 0.2) is 0 Å². The van der Waals surface area contributed by atoms with Crippen molar-refractivity contribution >= 4 is 35.1 Å². The summed E-state index contributed by atoms with van der Waals surface area (Å²) in [6.45, 7) is 3.98. The number of likely N-dealkylation sites (tertiary alicyclic amines) is 1. The minimum absolute atomic E-state index is 0.258. The van der Waals surface area contributed by atoms with Gasteiger partial charge in [-0.25, -0.2) is 0 Å². The van der Waals surface area contributed by atoms with Gasteiger partial charge in [0, 0.05) is 17.3 Å². The number of ether oxygens (including phenoxy) is 2. The molecule has 1 aromatic carbocycles. The van der Waals surface area contributed by atoms with E-state index in [2.05, 4.69) is 0 Å². The second-order valence-corrected chi connectivity index (χ2v) is 10.6. The van der Waals surface area contributed by atoms with Gasteiger partial charge >= 0.3 is 5.97 Å². The van der Waals surface area contributed by atoms with Crippen molar-refractivity contribution in [2.24, 2.45) is 11.8 Å². The van der Waals surface area contributed by atoms with Crippen molar-refractivity contribution in [1.29, 1.82) is 0 Å². The summed E-state index contributed by atoms with van der Waals surface area (Å²) in [5, 5.41) is 10.8. The molecule has 4 aliphatic rings. The van der Waals surface area contributed by atoms with Gasteiger partial charge in [-0.2, -0.15) is 0 Å². The lowest BCUT2D eigenvalue weighted by Crippen LogP contribution is -2.59. The minimum Gasteiger partial charge on any atom is -0.465 e. The number of benzene rings is 1. The molecular weight excluding hydrogens is 496 g/mol. The number of carbonyl (C=O) groups is 3. The number of nitrogens with zero attached hydrogens (tertiary/aromatic N) is 2. The quantitative estimate of drug-likeness (QED) is 0.465. The molecule has 0 radical (unpaired) electrons. The third kappa shape index (κ3) is 3.92. The van der Waals surface area contributed by atoms with Crippen LogP contribution in [-0.4, -0.2) is 70.8 Å². The first-order valence-electron chi connectivity index (χ1n) is 13.1. The fourth-order valence-corrected chi connectivity index (χ4v) is 6.60. The van der Waals surface area contributed by atoms with E-state index < -0.39 is 41.1 Å². The molecule has 37 heavy (non-hydrogen) atoms. The van der Waals surface area contributed by atoms with Crippen molar-refractivity contribution in [3.05, 3.63) is 53.6 Å². The first-order chi connectivity index (χ1) is 17.8. The van der Waals surface area contributed by atoms with Crippen molar-refractivity contribution in [3.63, 3.8) is 0 Å². The predicted molar refractivity (Wildman–Crippen MR) is 138 cm³/mol. The molecule has 4 heterocycles. The summed E-state index contributed by atoms with van der Waals surface area (Å²) in [4.78, 5) is 45.3. The van der Waals surface area contributed by atoms with E-state index in [0.29, 0.717) is 36.4 Å². The van der Waals surface area contributed by atoms with E-state index in [-0.39, 0.29) is 31.6 Å². The summed E-state index contributed by atoms with van der Waals surface area (Å²) < 4.78 is 12.5. The van der Waals surface area contributed by atoms with E-state index in [1.54, 1.807) is 35.2 Å². The number of esters is 1. The Morgan fingerprint density at radius 3 is 2.51 bits per heavy atom. The molecule has 0 aliphatic carbocycles. The van der Waals surface area contributed by atoms with Gasteiger partial charge in [-0.15, -0.1) is 0 Å². The molecule has 9 heteroatoms. The van der Waals surface area contributed by atoms with Crippen molar-refractivity contribution in [2.45, 2.75) is 62.8 Å². The summed E-state index contributed by atoms with van der Waals surface area (Å²) in [6, 6.07) is 5.27. The predicted octanol–water partition coefficient (Wildman–Crippen LogP) is 3.27. The van der Waals surface area contributed by atoms with E-state index in [1.165, 1.54) is 4.90 Å². The standard InChI is InChI=1S/C28H33ClN2O6/c1-3-19(17-32)31-23-25(34)30(20-11-9-18(29)10-12-20)15-8-14-28(23)21(24(31)33)22-26(35)36-16-7-5-6-13-27(22,4-2)37-28/h6,8-14,19,21-23,32H,3-5,7,15-17H2,1-2H3/b13-6-/t19-,21-,22-,23?,27+,28-/m0/s1. The average molecular weight is 529 g/mol. The lowest BCUT2D eigenvalue weighted by molar-refractivity contribution is -0.161. The highest BCUT2D eigenvalue weighted by Crippen LogP contribution is 2.58. The molecule has 0 saturated carbocycles. The fourth-order valence-electron chi connectivity index (χ4n) is 6.47. The van der Waals surface area contributed by atoms with E-state index in [9.17, 15) is 19.5 Å². The Morgan fingerprint density at radius 1 is 1.08 bits per heavy atom. The smallest absolute Gasteiger partial charge is 0.313 e. The monoisotopic (exact) mass is 528 g/mol. The number of aliphatic hydroxyl groups excluding tert-OH is 1. The van der Waals surface area contributed by atoms with Crippen LogP contribution in [0.4, 0.5) is 5.69 Å². The molecule has 1 spiro atoms. The van der Waals surface area contributed by atoms with Crippen molar-refractivity contribution in [3.8, 4) is 0 Å². The van der Waals surface area contributed by atoms with Gasteiger partial charge < -0.3 is 24.4 Å².